The number of likely N-dealkylation sites (tertiary alicyclic amines) is 1. The van der Waals surface area contributed by atoms with E-state index in [1.165, 1.54) is 4.90 Å². The predicted molar refractivity (Wildman–Crippen MR) is 105 cm³/mol. The van der Waals surface area contributed by atoms with Crippen molar-refractivity contribution in [1.29, 1.82) is 0 Å². The zero-order valence-corrected chi connectivity index (χ0v) is 16.6. The minimum Gasteiger partial charge on any atom is -0.456 e. The third-order valence-corrected chi connectivity index (χ3v) is 6.57. The van der Waals surface area contributed by atoms with Crippen molar-refractivity contribution in [1.82, 2.24) is 4.90 Å². The van der Waals surface area contributed by atoms with Crippen LogP contribution in [0.5, 0.6) is 0 Å². The molecular formula is C22H26N2O5. The molecule has 1 aromatic carbocycles. The van der Waals surface area contributed by atoms with E-state index in [4.69, 9.17) is 4.74 Å². The third-order valence-electron chi connectivity index (χ3n) is 6.57. The number of ether oxygens (including phenoxy) is 1. The summed E-state index contributed by atoms with van der Waals surface area (Å²) in [6.45, 7) is 1.68. The van der Waals surface area contributed by atoms with Gasteiger partial charge in [0.2, 0.25) is 11.8 Å². The molecule has 2 saturated carbocycles. The van der Waals surface area contributed by atoms with E-state index in [1.807, 2.05) is 19.1 Å². The van der Waals surface area contributed by atoms with E-state index in [0.29, 0.717) is 17.5 Å². The highest BCUT2D eigenvalue weighted by atomic mass is 16.5. The highest BCUT2D eigenvalue weighted by molar-refractivity contribution is 6.06. The fraction of sp³-hybridized carbons (Fsp3) is 0.545. The second-order valence-electron chi connectivity index (χ2n) is 8.22. The molecule has 3 fully saturated rings. The molecule has 7 nitrogen and oxygen atoms in total. The maximum atomic E-state index is 12.6. The number of carbonyl (C=O) groups is 4. The maximum Gasteiger partial charge on any atom is 0.308 e. The zero-order valence-electron chi connectivity index (χ0n) is 16.6. The van der Waals surface area contributed by atoms with E-state index in [-0.39, 0.29) is 36.6 Å². The summed E-state index contributed by atoms with van der Waals surface area (Å²) < 4.78 is 5.00. The van der Waals surface area contributed by atoms with Gasteiger partial charge in [-0.2, -0.15) is 0 Å². The van der Waals surface area contributed by atoms with Crippen LogP contribution in [-0.2, 0) is 30.3 Å². The van der Waals surface area contributed by atoms with E-state index in [1.54, 1.807) is 12.1 Å². The van der Waals surface area contributed by atoms with E-state index in [0.717, 1.165) is 31.2 Å². The number of hydrogen-bond donors (Lipinski definition) is 1. The Morgan fingerprint density at radius 3 is 2.28 bits per heavy atom. The number of esters is 1. The molecule has 154 valence electrons. The van der Waals surface area contributed by atoms with Crippen molar-refractivity contribution in [2.75, 3.05) is 18.5 Å². The first kappa shape index (κ1) is 19.6. The van der Waals surface area contributed by atoms with Crippen molar-refractivity contribution in [2.45, 2.75) is 39.0 Å². The average molecular weight is 398 g/mol. The van der Waals surface area contributed by atoms with E-state index in [2.05, 4.69) is 5.32 Å². The SMILES string of the molecule is CCc1ccc(NC(=O)COC(=O)CCN2C(=O)[C@@H]3[C@H]4CC[C@@H](C4)[C@H]3C2=O)cc1. The van der Waals surface area contributed by atoms with Gasteiger partial charge in [-0.1, -0.05) is 19.1 Å². The highest BCUT2D eigenvalue weighted by Gasteiger charge is 2.60. The molecule has 4 rings (SSSR count). The van der Waals surface area contributed by atoms with Crippen molar-refractivity contribution in [3.63, 3.8) is 0 Å². The number of benzene rings is 1. The van der Waals surface area contributed by atoms with E-state index >= 15 is 0 Å². The third kappa shape index (κ3) is 3.78. The molecular weight excluding hydrogens is 372 g/mol. The molecule has 1 aliphatic heterocycles. The molecule has 3 aliphatic rings. The highest BCUT2D eigenvalue weighted by Crippen LogP contribution is 2.56. The lowest BCUT2D eigenvalue weighted by atomic mass is 9.81. The summed E-state index contributed by atoms with van der Waals surface area (Å²) in [4.78, 5) is 50.4. The zero-order chi connectivity index (χ0) is 20.5. The number of anilines is 1. The molecule has 4 atom stereocenters. The Kier molecular flexibility index (Phi) is 5.39. The average Bonchev–Trinajstić information content (AvgIpc) is 3.40. The smallest absolute Gasteiger partial charge is 0.308 e. The van der Waals surface area contributed by atoms with Gasteiger partial charge in [0.05, 0.1) is 18.3 Å². The standard InChI is InChI=1S/C22H26N2O5/c1-2-13-3-7-16(8-4-13)23-17(25)12-29-18(26)9-10-24-21(27)19-14-5-6-15(11-14)20(19)22(24)28/h3-4,7-8,14-15,19-20H,2,5-6,9-12H2,1H3,(H,23,25)/t14-,15-,19+,20+/m0/s1. The number of carbonyl (C=O) groups excluding carboxylic acids is 4. The first-order valence-electron chi connectivity index (χ1n) is 10.4. The number of hydrogen-bond acceptors (Lipinski definition) is 5. The summed E-state index contributed by atoms with van der Waals surface area (Å²) in [7, 11) is 0. The van der Waals surface area contributed by atoms with Crippen LogP contribution in [0.15, 0.2) is 24.3 Å². The second kappa shape index (κ2) is 7.97. The Hall–Kier alpha value is -2.70. The minimum absolute atomic E-state index is 0.0308. The molecule has 2 bridgehead atoms. The largest absolute Gasteiger partial charge is 0.456 e. The molecule has 2 aliphatic carbocycles. The van der Waals surface area contributed by atoms with Gasteiger partial charge >= 0.3 is 5.97 Å². The Morgan fingerprint density at radius 1 is 1.07 bits per heavy atom. The van der Waals surface area contributed by atoms with Crippen molar-refractivity contribution >= 4 is 29.4 Å². The normalized spacial score (nSPS) is 27.3. The van der Waals surface area contributed by atoms with Crippen LogP contribution >= 0.6 is 0 Å². The topological polar surface area (TPSA) is 92.8 Å². The van der Waals surface area contributed by atoms with Crippen LogP contribution in [0.2, 0.25) is 0 Å². The van der Waals surface area contributed by atoms with Crippen molar-refractivity contribution < 1.29 is 23.9 Å². The van der Waals surface area contributed by atoms with Crippen LogP contribution in [-0.4, -0.2) is 41.7 Å². The summed E-state index contributed by atoms with van der Waals surface area (Å²) >= 11 is 0. The fourth-order valence-electron chi connectivity index (χ4n) is 5.13. The Labute approximate surface area is 169 Å². The van der Waals surface area contributed by atoms with E-state index < -0.39 is 18.5 Å². The number of nitrogens with zero attached hydrogens (tertiary/aromatic N) is 1. The van der Waals surface area contributed by atoms with Gasteiger partial charge in [-0.25, -0.2) is 0 Å². The number of amides is 3. The first-order chi connectivity index (χ1) is 14.0. The van der Waals surface area contributed by atoms with Gasteiger partial charge in [-0.3, -0.25) is 24.1 Å². The molecule has 0 unspecified atom stereocenters. The van der Waals surface area contributed by atoms with Crippen LogP contribution in [0.4, 0.5) is 5.69 Å². The molecule has 7 heteroatoms. The van der Waals surface area contributed by atoms with Crippen LogP contribution in [0.1, 0.15) is 38.2 Å². The van der Waals surface area contributed by atoms with Gasteiger partial charge < -0.3 is 10.1 Å². The predicted octanol–water partition coefficient (Wildman–Crippen LogP) is 2.15. The summed E-state index contributed by atoms with van der Waals surface area (Å²) in [5.74, 6) is -0.989. The van der Waals surface area contributed by atoms with Crippen LogP contribution < -0.4 is 5.32 Å². The lowest BCUT2D eigenvalue weighted by Gasteiger charge is -2.19. The molecule has 1 N–H and O–H groups in total. The van der Waals surface area contributed by atoms with Gasteiger partial charge in [0.25, 0.3) is 5.91 Å². The first-order valence-corrected chi connectivity index (χ1v) is 10.4. The molecule has 1 aromatic rings. The second-order valence-corrected chi connectivity index (χ2v) is 8.22. The molecule has 29 heavy (non-hydrogen) atoms. The lowest BCUT2D eigenvalue weighted by Crippen LogP contribution is -2.35. The number of rotatable bonds is 7. The Bertz CT molecular complexity index is 806. The van der Waals surface area contributed by atoms with Gasteiger partial charge in [0, 0.05) is 12.2 Å². The minimum atomic E-state index is -0.595. The Balaban J connectivity index is 1.21. The number of aryl methyl sites for hydroxylation is 1. The molecule has 0 radical (unpaired) electrons. The van der Waals surface area contributed by atoms with Crippen molar-refractivity contribution in [2.24, 2.45) is 23.7 Å². The maximum absolute atomic E-state index is 12.6. The quantitative estimate of drug-likeness (QED) is 0.561. The summed E-state index contributed by atoms with van der Waals surface area (Å²) in [6, 6.07) is 7.45. The molecule has 0 spiro atoms. The summed E-state index contributed by atoms with van der Waals surface area (Å²) in [5.41, 5.74) is 1.80. The van der Waals surface area contributed by atoms with Gasteiger partial charge in [0.1, 0.15) is 0 Å². The van der Waals surface area contributed by atoms with Gasteiger partial charge in [0.15, 0.2) is 6.61 Å². The molecule has 0 aromatic heterocycles. The van der Waals surface area contributed by atoms with Gasteiger partial charge in [-0.15, -0.1) is 0 Å². The molecule has 3 amide bonds. The molecule has 1 saturated heterocycles. The van der Waals surface area contributed by atoms with E-state index in [9.17, 15) is 19.2 Å². The van der Waals surface area contributed by atoms with Crippen LogP contribution in [0.3, 0.4) is 0 Å². The van der Waals surface area contributed by atoms with Crippen LogP contribution in [0, 0.1) is 23.7 Å². The number of imide groups is 1. The summed E-state index contributed by atoms with van der Waals surface area (Å²) in [6.07, 6.45) is 3.86. The number of fused-ring (bicyclic) bond motifs is 5. The number of nitrogens with one attached hydrogen (secondary N) is 1. The fourth-order valence-corrected chi connectivity index (χ4v) is 5.13. The molecule has 1 heterocycles. The van der Waals surface area contributed by atoms with Gasteiger partial charge in [-0.05, 0) is 55.2 Å². The Morgan fingerprint density at radius 2 is 1.69 bits per heavy atom. The monoisotopic (exact) mass is 398 g/mol. The van der Waals surface area contributed by atoms with Crippen molar-refractivity contribution in [3.05, 3.63) is 29.8 Å². The lowest BCUT2D eigenvalue weighted by molar-refractivity contribution is -0.149. The van der Waals surface area contributed by atoms with Crippen molar-refractivity contribution in [3.8, 4) is 0 Å². The van der Waals surface area contributed by atoms with Crippen LogP contribution in [0.25, 0.3) is 0 Å². The summed E-state index contributed by atoms with van der Waals surface area (Å²) in [5, 5.41) is 2.67.